The topological polar surface area (TPSA) is 26.3 Å². The molecule has 28 heavy (non-hydrogen) atoms. The third-order valence-corrected chi connectivity index (χ3v) is 5.95. The summed E-state index contributed by atoms with van der Waals surface area (Å²) in [6, 6.07) is 9.09. The van der Waals surface area contributed by atoms with Crippen LogP contribution in [0.25, 0.3) is 11.1 Å². The molecule has 0 heterocycles. The number of hydrogen-bond acceptors (Lipinski definition) is 2. The summed E-state index contributed by atoms with van der Waals surface area (Å²) >= 11 is 12.4. The number of benzene rings is 2. The summed E-state index contributed by atoms with van der Waals surface area (Å²) in [5.41, 5.74) is 0.240. The van der Waals surface area contributed by atoms with Gasteiger partial charge in [-0.15, -0.1) is 0 Å². The molecule has 1 aliphatic carbocycles. The Hall–Kier alpha value is -1.24. The van der Waals surface area contributed by atoms with Gasteiger partial charge in [0.1, 0.15) is 18.2 Å². The molecule has 0 bridgehead atoms. The molecule has 2 nitrogen and oxygen atoms in total. The molecule has 0 amide bonds. The van der Waals surface area contributed by atoms with Crippen LogP contribution in [0.15, 0.2) is 45.9 Å². The highest BCUT2D eigenvalue weighted by Gasteiger charge is 2.61. The fourth-order valence-electron chi connectivity index (χ4n) is 3.39. The quantitative estimate of drug-likeness (QED) is 0.378. The van der Waals surface area contributed by atoms with Gasteiger partial charge in [0.05, 0.1) is 14.9 Å². The monoisotopic (exact) mass is 532 g/mol. The molecule has 0 spiro atoms. The van der Waals surface area contributed by atoms with E-state index in [1.54, 1.807) is 24.3 Å². The highest BCUT2D eigenvalue weighted by atomic mass is 79.9. The van der Waals surface area contributed by atoms with Crippen molar-refractivity contribution < 1.29 is 18.3 Å². The number of allylic oxidation sites excluding steroid dienone is 1. The third-order valence-electron chi connectivity index (χ3n) is 5.17. The molecule has 0 saturated heterocycles. The number of ether oxygens (including phenoxy) is 1. The lowest BCUT2D eigenvalue weighted by Crippen LogP contribution is -2.12. The van der Waals surface area contributed by atoms with Crippen LogP contribution in [0.5, 0.6) is 0 Å². The molecule has 0 aromatic heterocycles. The Kier molecular flexibility index (Phi) is 6.32. The van der Waals surface area contributed by atoms with E-state index in [9.17, 15) is 13.6 Å². The second-order valence-electron chi connectivity index (χ2n) is 7.28. The molecule has 0 N–H and O–H groups in total. The maximum atomic E-state index is 14.9. The van der Waals surface area contributed by atoms with Crippen LogP contribution in [-0.2, 0) is 16.1 Å². The van der Waals surface area contributed by atoms with Crippen LogP contribution in [0, 0.1) is 28.9 Å². The molecule has 2 aromatic rings. The second-order valence-corrected chi connectivity index (χ2v) is 10.5. The van der Waals surface area contributed by atoms with Crippen molar-refractivity contribution in [2.24, 2.45) is 17.3 Å². The minimum Gasteiger partial charge on any atom is -0.460 e. The minimum absolute atomic E-state index is 0.0103. The summed E-state index contributed by atoms with van der Waals surface area (Å²) < 4.78 is 35.1. The van der Waals surface area contributed by atoms with Gasteiger partial charge in [-0.2, -0.15) is 0 Å². The summed E-state index contributed by atoms with van der Waals surface area (Å²) in [4.78, 5) is 12.5. The van der Waals surface area contributed by atoms with Crippen molar-refractivity contribution in [3.05, 3.63) is 68.1 Å². The van der Waals surface area contributed by atoms with Gasteiger partial charge in [-0.3, -0.25) is 4.79 Å². The van der Waals surface area contributed by atoms with Gasteiger partial charge in [-0.05, 0) is 73.0 Å². The fraction of sp³-hybridized carbons (Fsp3) is 0.286. The number of carbonyl (C=O) groups is 1. The zero-order valence-corrected chi connectivity index (χ0v) is 19.0. The Labute approximate surface area is 184 Å². The Balaban J connectivity index is 1.78. The average Bonchev–Trinajstić information content (AvgIpc) is 3.15. The lowest BCUT2D eigenvalue weighted by Gasteiger charge is -2.11. The highest BCUT2D eigenvalue weighted by molar-refractivity contribution is 9.28. The van der Waals surface area contributed by atoms with Crippen molar-refractivity contribution in [2.45, 2.75) is 20.5 Å². The second kappa shape index (κ2) is 8.25. The van der Waals surface area contributed by atoms with Crippen LogP contribution in [0.3, 0.4) is 0 Å². The van der Waals surface area contributed by atoms with Gasteiger partial charge in [-0.25, -0.2) is 8.78 Å². The number of rotatable bonds is 5. The van der Waals surface area contributed by atoms with Crippen LogP contribution in [-0.4, -0.2) is 5.97 Å². The van der Waals surface area contributed by atoms with Gasteiger partial charge < -0.3 is 4.74 Å². The molecular formula is C21H17Br2ClF2O2. The predicted octanol–water partition coefficient (Wildman–Crippen LogP) is 7.23. The molecule has 3 rings (SSSR count). The Morgan fingerprint density at radius 2 is 1.82 bits per heavy atom. The number of carbonyl (C=O) groups excluding carboxylic acids is 1. The molecule has 2 aromatic carbocycles. The van der Waals surface area contributed by atoms with Gasteiger partial charge >= 0.3 is 5.97 Å². The number of halogens is 5. The molecular weight excluding hydrogens is 517 g/mol. The smallest absolute Gasteiger partial charge is 0.310 e. The Bertz CT molecular complexity index is 938. The predicted molar refractivity (Wildman–Crippen MR) is 113 cm³/mol. The van der Waals surface area contributed by atoms with Crippen molar-refractivity contribution >= 4 is 49.4 Å². The van der Waals surface area contributed by atoms with E-state index < -0.39 is 24.2 Å². The zero-order chi connectivity index (χ0) is 20.6. The highest BCUT2D eigenvalue weighted by Crippen LogP contribution is 2.60. The minimum atomic E-state index is -0.752. The standard InChI is InChI=1S/C21H17Br2ClF2O2/c1-21(2)15(9-17(22)23)18(21)20(27)28-10-14-16(25)8-7-13(19(14)26)11-3-5-12(24)6-4-11/h3-9,15,18H,10H2,1-2H3/t15-,18-/m0/s1. The first-order chi connectivity index (χ1) is 13.1. The molecule has 0 aliphatic heterocycles. The summed E-state index contributed by atoms with van der Waals surface area (Å²) in [6.45, 7) is 3.44. The maximum Gasteiger partial charge on any atom is 0.310 e. The first-order valence-electron chi connectivity index (χ1n) is 8.55. The average molecular weight is 535 g/mol. The fourth-order valence-corrected chi connectivity index (χ4v) is 4.09. The lowest BCUT2D eigenvalue weighted by molar-refractivity contribution is -0.147. The van der Waals surface area contributed by atoms with Crippen molar-refractivity contribution in [2.75, 3.05) is 0 Å². The van der Waals surface area contributed by atoms with Gasteiger partial charge in [0.2, 0.25) is 0 Å². The van der Waals surface area contributed by atoms with Crippen LogP contribution in [0.4, 0.5) is 8.78 Å². The van der Waals surface area contributed by atoms with E-state index >= 15 is 0 Å². The Morgan fingerprint density at radius 1 is 1.18 bits per heavy atom. The first-order valence-corrected chi connectivity index (χ1v) is 10.5. The van der Waals surface area contributed by atoms with Crippen molar-refractivity contribution in [3.8, 4) is 11.1 Å². The third kappa shape index (κ3) is 4.34. The van der Waals surface area contributed by atoms with E-state index in [1.807, 2.05) is 19.9 Å². The summed E-state index contributed by atoms with van der Waals surface area (Å²) in [6.07, 6.45) is 1.88. The summed E-state index contributed by atoms with van der Waals surface area (Å²) in [7, 11) is 0. The van der Waals surface area contributed by atoms with E-state index in [-0.39, 0.29) is 28.4 Å². The van der Waals surface area contributed by atoms with Crippen molar-refractivity contribution in [3.63, 3.8) is 0 Å². The normalized spacial score (nSPS) is 19.8. The molecule has 2 atom stereocenters. The van der Waals surface area contributed by atoms with Crippen LogP contribution >= 0.6 is 43.5 Å². The van der Waals surface area contributed by atoms with E-state index in [0.717, 1.165) is 3.39 Å². The van der Waals surface area contributed by atoms with E-state index in [0.29, 0.717) is 10.6 Å². The van der Waals surface area contributed by atoms with E-state index in [4.69, 9.17) is 16.3 Å². The summed E-state index contributed by atoms with van der Waals surface area (Å²) in [5.74, 6) is -2.34. The largest absolute Gasteiger partial charge is 0.460 e. The molecule has 0 radical (unpaired) electrons. The van der Waals surface area contributed by atoms with Crippen LogP contribution in [0.2, 0.25) is 5.02 Å². The molecule has 1 saturated carbocycles. The van der Waals surface area contributed by atoms with Gasteiger partial charge in [0.15, 0.2) is 0 Å². The SMILES string of the molecule is CC1(C)[C@H](C(=O)OCc2c(F)ccc(-c3ccc(Cl)cc3)c2F)[C@@H]1C=C(Br)Br. The van der Waals surface area contributed by atoms with Gasteiger partial charge in [0, 0.05) is 10.6 Å². The lowest BCUT2D eigenvalue weighted by atomic mass is 10.0. The molecule has 148 valence electrons. The van der Waals surface area contributed by atoms with Crippen molar-refractivity contribution in [1.29, 1.82) is 0 Å². The Morgan fingerprint density at radius 3 is 2.43 bits per heavy atom. The van der Waals surface area contributed by atoms with Crippen LogP contribution < -0.4 is 0 Å². The first kappa shape index (κ1) is 21.5. The maximum absolute atomic E-state index is 14.9. The van der Waals surface area contributed by atoms with Gasteiger partial charge in [0.25, 0.3) is 0 Å². The van der Waals surface area contributed by atoms with Crippen LogP contribution in [0.1, 0.15) is 19.4 Å². The van der Waals surface area contributed by atoms with Crippen molar-refractivity contribution in [1.82, 2.24) is 0 Å². The molecule has 1 fully saturated rings. The molecule has 0 unspecified atom stereocenters. The summed E-state index contributed by atoms with van der Waals surface area (Å²) in [5, 5.41) is 0.520. The molecule has 1 aliphatic rings. The van der Waals surface area contributed by atoms with E-state index in [2.05, 4.69) is 31.9 Å². The molecule has 7 heteroatoms. The number of hydrogen-bond donors (Lipinski definition) is 0. The van der Waals surface area contributed by atoms with Gasteiger partial charge in [-0.1, -0.05) is 43.7 Å². The van der Waals surface area contributed by atoms with E-state index in [1.165, 1.54) is 12.1 Å². The zero-order valence-electron chi connectivity index (χ0n) is 15.1. The number of esters is 1.